The number of rotatable bonds is 10. The van der Waals surface area contributed by atoms with Gasteiger partial charge < -0.3 is 16.0 Å². The summed E-state index contributed by atoms with van der Waals surface area (Å²) in [6.07, 6.45) is 5.12. The second-order valence-electron chi connectivity index (χ2n) is 7.52. The number of amides is 1. The van der Waals surface area contributed by atoms with E-state index < -0.39 is 0 Å². The molecule has 0 unspecified atom stereocenters. The number of carbonyl (C=O) groups is 1. The van der Waals surface area contributed by atoms with Gasteiger partial charge in [0.1, 0.15) is 0 Å². The average molecular weight is 560 g/mol. The largest absolute Gasteiger partial charge is 0.357 e. The van der Waals surface area contributed by atoms with Crippen molar-refractivity contribution in [2.45, 2.75) is 46.3 Å². The highest BCUT2D eigenvalue weighted by Gasteiger charge is 2.06. The van der Waals surface area contributed by atoms with Crippen LogP contribution < -0.4 is 16.0 Å². The summed E-state index contributed by atoms with van der Waals surface area (Å²) in [5, 5.41) is 14.0. The first kappa shape index (κ1) is 26.4. The monoisotopic (exact) mass is 560 g/mol. The molecular formula is C25H33IN6O. The van der Waals surface area contributed by atoms with Crippen molar-refractivity contribution in [3.05, 3.63) is 83.7 Å². The molecular weight excluding hydrogens is 527 g/mol. The maximum absolute atomic E-state index is 11.9. The molecule has 33 heavy (non-hydrogen) atoms. The smallest absolute Gasteiger partial charge is 0.224 e. The van der Waals surface area contributed by atoms with Gasteiger partial charge in [-0.2, -0.15) is 5.10 Å². The summed E-state index contributed by atoms with van der Waals surface area (Å²) in [6, 6.07) is 18.1. The van der Waals surface area contributed by atoms with E-state index in [1.807, 2.05) is 67.2 Å². The summed E-state index contributed by atoms with van der Waals surface area (Å²) in [7, 11) is 0. The van der Waals surface area contributed by atoms with Crippen LogP contribution in [0.1, 0.15) is 43.4 Å². The van der Waals surface area contributed by atoms with Crippen molar-refractivity contribution < 1.29 is 4.79 Å². The summed E-state index contributed by atoms with van der Waals surface area (Å²) in [6.45, 7) is 6.73. The van der Waals surface area contributed by atoms with Crippen molar-refractivity contribution in [1.82, 2.24) is 20.4 Å². The van der Waals surface area contributed by atoms with Gasteiger partial charge in [-0.15, -0.1) is 24.0 Å². The number of hydrogen-bond donors (Lipinski definition) is 3. The average Bonchev–Trinajstić information content (AvgIpc) is 3.30. The number of nitrogens with zero attached hydrogens (tertiary/aromatic N) is 3. The lowest BCUT2D eigenvalue weighted by Crippen LogP contribution is -2.37. The Kier molecular flexibility index (Phi) is 11.4. The molecule has 0 saturated heterocycles. The molecule has 176 valence electrons. The molecule has 0 atom stereocenters. The first-order valence-electron chi connectivity index (χ1n) is 11.1. The van der Waals surface area contributed by atoms with Gasteiger partial charge in [0.2, 0.25) is 5.91 Å². The third kappa shape index (κ3) is 8.88. The predicted octanol–water partition coefficient (Wildman–Crippen LogP) is 4.54. The van der Waals surface area contributed by atoms with Crippen molar-refractivity contribution in [3.63, 3.8) is 0 Å². The standard InChI is InChI=1S/C25H32N6O.HI/c1-3-9-24(32)30-23-13-7-10-20(16-23)17-27-25(26-4-2)28-18-21-11-5-6-12-22(21)19-31-15-8-14-29-31;/h5-8,10-16H,3-4,9,17-19H2,1-2H3,(H,30,32)(H2,26,27,28);1H. The Hall–Kier alpha value is -2.88. The maximum atomic E-state index is 11.9. The maximum Gasteiger partial charge on any atom is 0.224 e. The summed E-state index contributed by atoms with van der Waals surface area (Å²) < 4.78 is 1.92. The zero-order valence-corrected chi connectivity index (χ0v) is 21.6. The molecule has 1 heterocycles. The molecule has 0 aliphatic heterocycles. The second kappa shape index (κ2) is 14.3. The first-order chi connectivity index (χ1) is 15.7. The normalized spacial score (nSPS) is 10.9. The van der Waals surface area contributed by atoms with Crippen LogP contribution in [-0.2, 0) is 24.4 Å². The van der Waals surface area contributed by atoms with Crippen molar-refractivity contribution >= 4 is 41.5 Å². The molecule has 1 aromatic heterocycles. The molecule has 0 aliphatic carbocycles. The zero-order chi connectivity index (χ0) is 22.6. The van der Waals surface area contributed by atoms with Crippen LogP contribution in [0.4, 0.5) is 5.69 Å². The van der Waals surface area contributed by atoms with Crippen LogP contribution in [0.5, 0.6) is 0 Å². The van der Waals surface area contributed by atoms with E-state index >= 15 is 0 Å². The molecule has 1 amide bonds. The van der Waals surface area contributed by atoms with Crippen molar-refractivity contribution in [3.8, 4) is 0 Å². The Morgan fingerprint density at radius 2 is 1.85 bits per heavy atom. The SMILES string of the molecule is CCCC(=O)Nc1cccc(CN=C(NCC)NCc2ccccc2Cn2cccn2)c1.I. The lowest BCUT2D eigenvalue weighted by atomic mass is 10.1. The number of carbonyl (C=O) groups excluding carboxylic acids is 1. The number of aromatic nitrogens is 2. The Labute approximate surface area is 213 Å². The van der Waals surface area contributed by atoms with Gasteiger partial charge in [-0.3, -0.25) is 9.48 Å². The number of guanidine groups is 1. The number of benzene rings is 2. The van der Waals surface area contributed by atoms with Gasteiger partial charge in [0.25, 0.3) is 0 Å². The number of halogens is 1. The van der Waals surface area contributed by atoms with Gasteiger partial charge in [0, 0.05) is 37.6 Å². The van der Waals surface area contributed by atoms with Crippen LogP contribution in [0.25, 0.3) is 0 Å². The fourth-order valence-electron chi connectivity index (χ4n) is 3.34. The first-order valence-corrected chi connectivity index (χ1v) is 11.1. The van der Waals surface area contributed by atoms with Crippen LogP contribution in [0.3, 0.4) is 0 Å². The van der Waals surface area contributed by atoms with Crippen molar-refractivity contribution in [2.75, 3.05) is 11.9 Å². The minimum Gasteiger partial charge on any atom is -0.357 e. The van der Waals surface area contributed by atoms with Crippen molar-refractivity contribution in [1.29, 1.82) is 0 Å². The molecule has 8 heteroatoms. The minimum absolute atomic E-state index is 0. The summed E-state index contributed by atoms with van der Waals surface area (Å²) >= 11 is 0. The third-order valence-electron chi connectivity index (χ3n) is 4.91. The highest BCUT2D eigenvalue weighted by Crippen LogP contribution is 2.13. The number of hydrogen-bond acceptors (Lipinski definition) is 3. The Morgan fingerprint density at radius 3 is 2.58 bits per heavy atom. The quantitative estimate of drug-likeness (QED) is 0.193. The molecule has 3 N–H and O–H groups in total. The van der Waals surface area contributed by atoms with Crippen LogP contribution >= 0.6 is 24.0 Å². The van der Waals surface area contributed by atoms with Gasteiger partial charge in [0.15, 0.2) is 5.96 Å². The third-order valence-corrected chi connectivity index (χ3v) is 4.91. The molecule has 0 bridgehead atoms. The predicted molar refractivity (Wildman–Crippen MR) is 145 cm³/mol. The van der Waals surface area contributed by atoms with Gasteiger partial charge in [-0.05, 0) is 48.2 Å². The van der Waals surface area contributed by atoms with Crippen LogP contribution in [0.2, 0.25) is 0 Å². The molecule has 2 aromatic carbocycles. The molecule has 3 rings (SSSR count). The summed E-state index contributed by atoms with van der Waals surface area (Å²) in [4.78, 5) is 16.6. The molecule has 3 aromatic rings. The zero-order valence-electron chi connectivity index (χ0n) is 19.3. The number of anilines is 1. The van der Waals surface area contributed by atoms with Gasteiger partial charge in [-0.25, -0.2) is 4.99 Å². The second-order valence-corrected chi connectivity index (χ2v) is 7.52. The Bertz CT molecular complexity index is 1020. The molecule has 0 saturated carbocycles. The van der Waals surface area contributed by atoms with Gasteiger partial charge in [-0.1, -0.05) is 43.3 Å². The Balaban J connectivity index is 0.00000385. The van der Waals surface area contributed by atoms with Crippen molar-refractivity contribution in [2.24, 2.45) is 4.99 Å². The number of nitrogens with one attached hydrogen (secondary N) is 3. The van der Waals surface area contributed by atoms with E-state index in [9.17, 15) is 4.79 Å². The van der Waals surface area contributed by atoms with E-state index in [1.165, 1.54) is 11.1 Å². The topological polar surface area (TPSA) is 83.3 Å². The molecule has 0 radical (unpaired) electrons. The molecule has 7 nitrogen and oxygen atoms in total. The molecule has 0 aliphatic rings. The van der Waals surface area contributed by atoms with Gasteiger partial charge >= 0.3 is 0 Å². The van der Waals surface area contributed by atoms with E-state index in [-0.39, 0.29) is 29.9 Å². The highest BCUT2D eigenvalue weighted by molar-refractivity contribution is 14.0. The lowest BCUT2D eigenvalue weighted by Gasteiger charge is -2.14. The fraction of sp³-hybridized carbons (Fsp3) is 0.320. The van der Waals surface area contributed by atoms with E-state index in [4.69, 9.17) is 4.99 Å². The van der Waals surface area contributed by atoms with Gasteiger partial charge in [0.05, 0.1) is 13.1 Å². The fourth-order valence-corrected chi connectivity index (χ4v) is 3.34. The lowest BCUT2D eigenvalue weighted by molar-refractivity contribution is -0.116. The number of aliphatic imine (C=N–C) groups is 1. The van der Waals surface area contributed by atoms with Crippen LogP contribution in [0.15, 0.2) is 72.0 Å². The van der Waals surface area contributed by atoms with E-state index in [1.54, 1.807) is 6.20 Å². The van der Waals surface area contributed by atoms with E-state index in [2.05, 4.69) is 33.2 Å². The van der Waals surface area contributed by atoms with E-state index in [0.717, 1.165) is 36.7 Å². The molecule has 0 spiro atoms. The van der Waals surface area contributed by atoms with Crippen LogP contribution in [0, 0.1) is 0 Å². The minimum atomic E-state index is 0. The summed E-state index contributed by atoms with van der Waals surface area (Å²) in [5.41, 5.74) is 4.27. The Morgan fingerprint density at radius 1 is 1.03 bits per heavy atom. The highest BCUT2D eigenvalue weighted by atomic mass is 127. The summed E-state index contributed by atoms with van der Waals surface area (Å²) in [5.74, 6) is 0.791. The van der Waals surface area contributed by atoms with E-state index in [0.29, 0.717) is 19.5 Å². The van der Waals surface area contributed by atoms with Crippen LogP contribution in [-0.4, -0.2) is 28.2 Å². The molecule has 0 fully saturated rings.